The summed E-state index contributed by atoms with van der Waals surface area (Å²) >= 11 is 1.85. The van der Waals surface area contributed by atoms with Crippen LogP contribution in [-0.2, 0) is 5.41 Å². The molecule has 0 saturated carbocycles. The van der Waals surface area contributed by atoms with Gasteiger partial charge in [-0.25, -0.2) is 15.0 Å². The SMILES string of the molecule is Cc1cnc(C)c(-c2ccccc2-c2cc3c(cc2-c2nc(-c4ccccc4)nc(-c4ccc(-c5ccccc5)cc4)n2)C2(c4ccccc4S3)c3ccccc3-c3ccccc32)c1. The number of fused-ring (bicyclic) bond motifs is 9. The van der Waals surface area contributed by atoms with Crippen molar-refractivity contribution in [2.75, 3.05) is 0 Å². The van der Waals surface area contributed by atoms with E-state index in [0.29, 0.717) is 17.5 Å². The monoisotopic (exact) mass is 836 g/mol. The molecule has 12 rings (SSSR count). The molecule has 0 unspecified atom stereocenters. The van der Waals surface area contributed by atoms with E-state index in [4.69, 9.17) is 19.9 Å². The van der Waals surface area contributed by atoms with E-state index < -0.39 is 5.41 Å². The Balaban J connectivity index is 1.18. The highest BCUT2D eigenvalue weighted by Gasteiger charge is 2.50. The average Bonchev–Trinajstić information content (AvgIpc) is 3.65. The van der Waals surface area contributed by atoms with Gasteiger partial charge in [0.15, 0.2) is 17.5 Å². The molecule has 10 aromatic rings. The van der Waals surface area contributed by atoms with Gasteiger partial charge in [-0.1, -0.05) is 188 Å². The van der Waals surface area contributed by atoms with Crippen molar-refractivity contribution >= 4 is 11.8 Å². The predicted octanol–water partition coefficient (Wildman–Crippen LogP) is 14.7. The van der Waals surface area contributed by atoms with Gasteiger partial charge in [-0.15, -0.1) is 0 Å². The topological polar surface area (TPSA) is 51.6 Å². The van der Waals surface area contributed by atoms with E-state index in [9.17, 15) is 0 Å². The molecule has 5 heteroatoms. The Bertz CT molecular complexity index is 3390. The number of aromatic nitrogens is 4. The van der Waals surface area contributed by atoms with Crippen molar-refractivity contribution in [3.05, 3.63) is 240 Å². The van der Waals surface area contributed by atoms with Crippen LogP contribution in [0.5, 0.6) is 0 Å². The Labute approximate surface area is 377 Å². The first-order valence-electron chi connectivity index (χ1n) is 21.7. The Morgan fingerprint density at radius 2 is 0.828 bits per heavy atom. The number of nitrogens with zero attached hydrogens (tertiary/aromatic N) is 4. The highest BCUT2D eigenvalue weighted by Crippen LogP contribution is 2.63. The number of hydrogen-bond acceptors (Lipinski definition) is 5. The van der Waals surface area contributed by atoms with Gasteiger partial charge in [-0.2, -0.15) is 0 Å². The molecule has 3 heterocycles. The van der Waals surface area contributed by atoms with Crippen LogP contribution in [0.25, 0.3) is 78.7 Å². The van der Waals surface area contributed by atoms with E-state index in [1.807, 2.05) is 42.2 Å². The number of pyridine rings is 1. The maximum Gasteiger partial charge on any atom is 0.164 e. The van der Waals surface area contributed by atoms with Crippen LogP contribution in [0.1, 0.15) is 33.5 Å². The van der Waals surface area contributed by atoms with Crippen LogP contribution < -0.4 is 0 Å². The van der Waals surface area contributed by atoms with Gasteiger partial charge in [-0.05, 0) is 105 Å². The van der Waals surface area contributed by atoms with Crippen LogP contribution in [0.15, 0.2) is 216 Å². The summed E-state index contributed by atoms with van der Waals surface area (Å²) in [4.78, 5) is 23.4. The van der Waals surface area contributed by atoms with Crippen molar-refractivity contribution in [1.82, 2.24) is 19.9 Å². The fraction of sp³-hybridized carbons (Fsp3) is 0.0508. The van der Waals surface area contributed by atoms with Gasteiger partial charge in [0, 0.05) is 43.9 Å². The quantitative estimate of drug-likeness (QED) is 0.167. The summed E-state index contributed by atoms with van der Waals surface area (Å²) in [6, 6.07) is 72.0. The minimum atomic E-state index is -0.584. The lowest BCUT2D eigenvalue weighted by Crippen LogP contribution is -2.32. The van der Waals surface area contributed by atoms with E-state index in [1.165, 1.54) is 43.2 Å². The van der Waals surface area contributed by atoms with Gasteiger partial charge in [0.1, 0.15) is 0 Å². The van der Waals surface area contributed by atoms with Crippen molar-refractivity contribution in [2.24, 2.45) is 0 Å². The third-order valence-electron chi connectivity index (χ3n) is 12.9. The van der Waals surface area contributed by atoms with Crippen LogP contribution in [0.2, 0.25) is 0 Å². The molecule has 0 atom stereocenters. The molecule has 0 amide bonds. The molecule has 0 saturated heterocycles. The minimum absolute atomic E-state index is 0.584. The third-order valence-corrected chi connectivity index (χ3v) is 14.0. The van der Waals surface area contributed by atoms with Gasteiger partial charge in [0.25, 0.3) is 0 Å². The van der Waals surface area contributed by atoms with E-state index in [-0.39, 0.29) is 0 Å². The van der Waals surface area contributed by atoms with Gasteiger partial charge in [0.05, 0.1) is 5.41 Å². The molecule has 0 fully saturated rings. The molecule has 1 spiro atoms. The molecule has 1 aliphatic carbocycles. The van der Waals surface area contributed by atoms with Crippen LogP contribution in [0.3, 0.4) is 0 Å². The first-order chi connectivity index (χ1) is 31.5. The second-order valence-corrected chi connectivity index (χ2v) is 17.7. The number of rotatable bonds is 6. The van der Waals surface area contributed by atoms with Crippen molar-refractivity contribution in [3.8, 4) is 78.7 Å². The van der Waals surface area contributed by atoms with Gasteiger partial charge in [-0.3, -0.25) is 4.98 Å². The minimum Gasteiger partial charge on any atom is -0.261 e. The number of hydrogen-bond donors (Lipinski definition) is 0. The standard InChI is InChI=1S/C59H40N4S/c1-37-33-47(38(2)60-36-37)43-21-9-10-22-44(43)48-35-55-53(59(52-27-15-16-28-54(52)64-55)50-25-13-11-23-45(50)46-24-12-14-26-51(46)59)34-49(48)58-62-56(41-19-7-4-8-20-41)61-57(63-58)42-31-29-40(30-32-42)39-17-5-3-6-18-39/h3-36H,1-2H3. The first kappa shape index (κ1) is 38.0. The van der Waals surface area contributed by atoms with E-state index in [1.54, 1.807) is 0 Å². The zero-order valence-corrected chi connectivity index (χ0v) is 36.1. The van der Waals surface area contributed by atoms with E-state index in [2.05, 4.69) is 190 Å². The van der Waals surface area contributed by atoms with Crippen molar-refractivity contribution in [3.63, 3.8) is 0 Å². The fourth-order valence-electron chi connectivity index (χ4n) is 9.96. The Hall–Kier alpha value is -7.73. The molecular weight excluding hydrogens is 797 g/mol. The number of aryl methyl sites for hydroxylation is 2. The van der Waals surface area contributed by atoms with E-state index >= 15 is 0 Å². The molecular formula is C59H40N4S. The summed E-state index contributed by atoms with van der Waals surface area (Å²) in [5, 5.41) is 0. The normalized spacial score (nSPS) is 12.9. The van der Waals surface area contributed by atoms with E-state index in [0.717, 1.165) is 61.3 Å². The molecule has 64 heavy (non-hydrogen) atoms. The maximum atomic E-state index is 5.48. The summed E-state index contributed by atoms with van der Waals surface area (Å²) in [6.07, 6.45) is 1.94. The summed E-state index contributed by atoms with van der Waals surface area (Å²) in [7, 11) is 0. The maximum absolute atomic E-state index is 5.48. The summed E-state index contributed by atoms with van der Waals surface area (Å²) in [6.45, 7) is 4.20. The smallest absolute Gasteiger partial charge is 0.164 e. The second kappa shape index (κ2) is 15.3. The predicted molar refractivity (Wildman–Crippen MR) is 261 cm³/mol. The van der Waals surface area contributed by atoms with Crippen molar-refractivity contribution < 1.29 is 0 Å². The number of benzene rings is 8. The van der Waals surface area contributed by atoms with Gasteiger partial charge in [0.2, 0.25) is 0 Å². The molecule has 4 nitrogen and oxygen atoms in total. The average molecular weight is 837 g/mol. The Kier molecular flexibility index (Phi) is 9.06. The molecule has 0 radical (unpaired) electrons. The zero-order valence-electron chi connectivity index (χ0n) is 35.3. The largest absolute Gasteiger partial charge is 0.261 e. The highest BCUT2D eigenvalue weighted by atomic mass is 32.2. The molecule has 2 aromatic heterocycles. The molecule has 302 valence electrons. The fourth-order valence-corrected chi connectivity index (χ4v) is 11.2. The van der Waals surface area contributed by atoms with Crippen LogP contribution >= 0.6 is 11.8 Å². The second-order valence-electron chi connectivity index (χ2n) is 16.6. The van der Waals surface area contributed by atoms with Crippen LogP contribution in [0, 0.1) is 13.8 Å². The van der Waals surface area contributed by atoms with Crippen molar-refractivity contribution in [2.45, 2.75) is 29.1 Å². The molecule has 1 aliphatic heterocycles. The summed E-state index contributed by atoms with van der Waals surface area (Å²) in [5.41, 5.74) is 18.5. The van der Waals surface area contributed by atoms with Crippen LogP contribution in [0.4, 0.5) is 0 Å². The lowest BCUT2D eigenvalue weighted by atomic mass is 9.66. The highest BCUT2D eigenvalue weighted by molar-refractivity contribution is 7.99. The molecule has 8 aromatic carbocycles. The van der Waals surface area contributed by atoms with Crippen LogP contribution in [-0.4, -0.2) is 19.9 Å². The Morgan fingerprint density at radius 1 is 0.344 bits per heavy atom. The summed E-state index contributed by atoms with van der Waals surface area (Å²) < 4.78 is 0. The summed E-state index contributed by atoms with van der Waals surface area (Å²) in [5.74, 6) is 1.85. The first-order valence-corrected chi connectivity index (χ1v) is 22.5. The molecule has 0 bridgehead atoms. The lowest BCUT2D eigenvalue weighted by Gasteiger charge is -2.40. The zero-order chi connectivity index (χ0) is 42.8. The van der Waals surface area contributed by atoms with Gasteiger partial charge < -0.3 is 0 Å². The molecule has 2 aliphatic rings. The molecule has 0 N–H and O–H groups in total. The van der Waals surface area contributed by atoms with Crippen molar-refractivity contribution in [1.29, 1.82) is 0 Å². The Morgan fingerprint density at radius 3 is 1.48 bits per heavy atom. The third kappa shape index (κ3) is 6.07. The van der Waals surface area contributed by atoms with Gasteiger partial charge >= 0.3 is 0 Å². The lowest BCUT2D eigenvalue weighted by molar-refractivity contribution is 0.723.